The third-order valence-electron chi connectivity index (χ3n) is 2.17. The molecule has 1 amide bonds. The molecule has 0 spiro atoms. The third kappa shape index (κ3) is 3.39. The van der Waals surface area contributed by atoms with E-state index in [0.717, 1.165) is 6.07 Å². The van der Waals surface area contributed by atoms with E-state index < -0.39 is 23.6 Å². The highest BCUT2D eigenvalue weighted by Crippen LogP contribution is 2.21. The molecule has 1 unspecified atom stereocenters. The van der Waals surface area contributed by atoms with E-state index in [1.165, 1.54) is 12.1 Å². The van der Waals surface area contributed by atoms with Gasteiger partial charge in [0.2, 0.25) is 5.82 Å². The number of amides is 1. The van der Waals surface area contributed by atoms with Crippen LogP contribution in [0.5, 0.6) is 5.75 Å². The highest BCUT2D eigenvalue weighted by atomic mass is 19.2. The van der Waals surface area contributed by atoms with Gasteiger partial charge >= 0.3 is 0 Å². The number of halogens is 2. The minimum absolute atomic E-state index is 0.299. The molecule has 0 radical (unpaired) electrons. The maximum absolute atomic E-state index is 13.3. The van der Waals surface area contributed by atoms with Gasteiger partial charge < -0.3 is 4.74 Å². The zero-order chi connectivity index (χ0) is 12.8. The Kier molecular flexibility index (Phi) is 4.84. The lowest BCUT2D eigenvalue weighted by Gasteiger charge is -2.17. The van der Waals surface area contributed by atoms with Crippen molar-refractivity contribution >= 4 is 5.91 Å². The first-order chi connectivity index (χ1) is 8.10. The summed E-state index contributed by atoms with van der Waals surface area (Å²) in [7, 11) is 0. The number of hydrogen-bond donors (Lipinski definition) is 2. The van der Waals surface area contributed by atoms with Crippen LogP contribution in [0, 0.1) is 11.6 Å². The largest absolute Gasteiger partial charge is 0.477 e. The molecular weight excluding hydrogens is 230 g/mol. The highest BCUT2D eigenvalue weighted by Gasteiger charge is 2.20. The van der Waals surface area contributed by atoms with Crippen LogP contribution in [-0.4, -0.2) is 12.0 Å². The molecule has 0 saturated carbocycles. The summed E-state index contributed by atoms with van der Waals surface area (Å²) in [5.74, 6) is 1.97. The first-order valence-electron chi connectivity index (χ1n) is 5.21. The SMILES string of the molecule is CCCC(Oc1cccc(F)c1F)C(=O)NN. The molecule has 0 aliphatic carbocycles. The van der Waals surface area contributed by atoms with E-state index in [0.29, 0.717) is 12.8 Å². The summed E-state index contributed by atoms with van der Waals surface area (Å²) in [5.41, 5.74) is 1.92. The zero-order valence-electron chi connectivity index (χ0n) is 9.37. The number of hydrogen-bond acceptors (Lipinski definition) is 3. The third-order valence-corrected chi connectivity index (χ3v) is 2.17. The molecule has 0 bridgehead atoms. The van der Waals surface area contributed by atoms with Gasteiger partial charge in [0.15, 0.2) is 17.7 Å². The molecule has 0 saturated heterocycles. The summed E-state index contributed by atoms with van der Waals surface area (Å²) >= 11 is 0. The number of nitrogens with one attached hydrogen (secondary N) is 1. The fourth-order valence-electron chi connectivity index (χ4n) is 1.33. The lowest BCUT2D eigenvalue weighted by molar-refractivity contribution is -0.128. The molecule has 17 heavy (non-hydrogen) atoms. The number of carbonyl (C=O) groups is 1. The summed E-state index contributed by atoms with van der Waals surface area (Å²) in [4.78, 5) is 11.3. The fourth-order valence-corrected chi connectivity index (χ4v) is 1.33. The van der Waals surface area contributed by atoms with E-state index in [9.17, 15) is 13.6 Å². The van der Waals surface area contributed by atoms with Gasteiger partial charge in [-0.25, -0.2) is 10.2 Å². The Balaban J connectivity index is 2.85. The number of ether oxygens (including phenoxy) is 1. The van der Waals surface area contributed by atoms with Crippen LogP contribution < -0.4 is 16.0 Å². The average molecular weight is 244 g/mol. The Hall–Kier alpha value is -1.69. The maximum Gasteiger partial charge on any atom is 0.274 e. The van der Waals surface area contributed by atoms with Gasteiger partial charge in [-0.2, -0.15) is 4.39 Å². The molecule has 0 aliphatic heterocycles. The van der Waals surface area contributed by atoms with E-state index in [1.807, 2.05) is 12.3 Å². The van der Waals surface area contributed by atoms with Crippen LogP contribution in [0.1, 0.15) is 19.8 Å². The van der Waals surface area contributed by atoms with Gasteiger partial charge in [0.05, 0.1) is 0 Å². The van der Waals surface area contributed by atoms with Gasteiger partial charge in [0.25, 0.3) is 5.91 Å². The summed E-state index contributed by atoms with van der Waals surface area (Å²) in [6, 6.07) is 3.53. The zero-order valence-corrected chi connectivity index (χ0v) is 9.37. The summed E-state index contributed by atoms with van der Waals surface area (Å²) in [6.45, 7) is 1.84. The monoisotopic (exact) mass is 244 g/mol. The molecule has 1 rings (SSSR count). The van der Waals surface area contributed by atoms with E-state index >= 15 is 0 Å². The maximum atomic E-state index is 13.3. The van der Waals surface area contributed by atoms with Gasteiger partial charge in [-0.05, 0) is 18.6 Å². The molecular formula is C11H14F2N2O2. The second-order valence-electron chi connectivity index (χ2n) is 3.46. The standard InChI is InChI=1S/C11H14F2N2O2/c1-2-4-9(11(16)15-14)17-8-6-3-5-7(12)10(8)13/h3,5-6,9H,2,4,14H2,1H3,(H,15,16). The molecule has 4 nitrogen and oxygen atoms in total. The van der Waals surface area contributed by atoms with Crippen LogP contribution in [0.4, 0.5) is 8.78 Å². The van der Waals surface area contributed by atoms with Crippen LogP contribution in [0.3, 0.4) is 0 Å². The molecule has 0 aliphatic rings. The number of hydrazine groups is 1. The van der Waals surface area contributed by atoms with E-state index in [-0.39, 0.29) is 5.75 Å². The summed E-state index contributed by atoms with van der Waals surface area (Å²) in [5, 5.41) is 0. The second kappa shape index (κ2) is 6.15. The minimum Gasteiger partial charge on any atom is -0.477 e. The molecule has 3 N–H and O–H groups in total. The van der Waals surface area contributed by atoms with Crippen molar-refractivity contribution in [1.82, 2.24) is 5.43 Å². The molecule has 1 aromatic carbocycles. The normalized spacial score (nSPS) is 12.0. The predicted molar refractivity (Wildman–Crippen MR) is 58.0 cm³/mol. The molecule has 1 aromatic rings. The molecule has 0 fully saturated rings. The van der Waals surface area contributed by atoms with E-state index in [2.05, 4.69) is 0 Å². The van der Waals surface area contributed by atoms with Crippen LogP contribution in [0.15, 0.2) is 18.2 Å². The van der Waals surface area contributed by atoms with E-state index in [1.54, 1.807) is 0 Å². The lowest BCUT2D eigenvalue weighted by Crippen LogP contribution is -2.42. The smallest absolute Gasteiger partial charge is 0.274 e. The van der Waals surface area contributed by atoms with Crippen molar-refractivity contribution in [3.05, 3.63) is 29.8 Å². The quantitative estimate of drug-likeness (QED) is 0.468. The van der Waals surface area contributed by atoms with Gasteiger partial charge in [0.1, 0.15) is 0 Å². The molecule has 1 atom stereocenters. The minimum atomic E-state index is -1.11. The highest BCUT2D eigenvalue weighted by molar-refractivity contribution is 5.80. The van der Waals surface area contributed by atoms with E-state index in [4.69, 9.17) is 10.6 Å². The van der Waals surface area contributed by atoms with Gasteiger partial charge in [-0.15, -0.1) is 0 Å². The predicted octanol–water partition coefficient (Wildman–Crippen LogP) is 1.50. The Morgan fingerprint density at radius 1 is 1.53 bits per heavy atom. The van der Waals surface area contributed by atoms with Crippen LogP contribution in [0.25, 0.3) is 0 Å². The van der Waals surface area contributed by atoms with Gasteiger partial charge in [-0.3, -0.25) is 10.2 Å². The fraction of sp³-hybridized carbons (Fsp3) is 0.364. The van der Waals surface area contributed by atoms with Crippen molar-refractivity contribution in [3.63, 3.8) is 0 Å². The Labute approximate surface area is 97.7 Å². The van der Waals surface area contributed by atoms with Crippen molar-refractivity contribution in [2.45, 2.75) is 25.9 Å². The van der Waals surface area contributed by atoms with Crippen molar-refractivity contribution in [2.75, 3.05) is 0 Å². The number of nitrogens with two attached hydrogens (primary N) is 1. The first kappa shape index (κ1) is 13.4. The summed E-state index contributed by atoms with van der Waals surface area (Å²) < 4.78 is 31.3. The Bertz CT molecular complexity index is 399. The number of benzene rings is 1. The van der Waals surface area contributed by atoms with Gasteiger partial charge in [0, 0.05) is 0 Å². The number of carbonyl (C=O) groups excluding carboxylic acids is 1. The first-order valence-corrected chi connectivity index (χ1v) is 5.21. The van der Waals surface area contributed by atoms with Crippen molar-refractivity contribution in [2.24, 2.45) is 5.84 Å². The van der Waals surface area contributed by atoms with Crippen molar-refractivity contribution in [3.8, 4) is 5.75 Å². The second-order valence-corrected chi connectivity index (χ2v) is 3.46. The topological polar surface area (TPSA) is 64.3 Å². The van der Waals surface area contributed by atoms with Crippen LogP contribution in [0.2, 0.25) is 0 Å². The molecule has 0 aromatic heterocycles. The van der Waals surface area contributed by atoms with Crippen molar-refractivity contribution in [1.29, 1.82) is 0 Å². The Morgan fingerprint density at radius 2 is 2.24 bits per heavy atom. The number of rotatable bonds is 5. The van der Waals surface area contributed by atoms with Crippen molar-refractivity contribution < 1.29 is 18.3 Å². The molecule has 0 heterocycles. The lowest BCUT2D eigenvalue weighted by atomic mass is 10.2. The average Bonchev–Trinajstić information content (AvgIpc) is 2.33. The van der Waals surface area contributed by atoms with Crippen LogP contribution in [-0.2, 0) is 4.79 Å². The molecule has 94 valence electrons. The summed E-state index contributed by atoms with van der Waals surface area (Å²) in [6.07, 6.45) is 0.0786. The Morgan fingerprint density at radius 3 is 2.82 bits per heavy atom. The molecule has 6 heteroatoms. The van der Waals surface area contributed by atoms with Crippen LogP contribution >= 0.6 is 0 Å². The van der Waals surface area contributed by atoms with Gasteiger partial charge in [-0.1, -0.05) is 19.4 Å².